The van der Waals surface area contributed by atoms with Gasteiger partial charge in [-0.25, -0.2) is 0 Å². The van der Waals surface area contributed by atoms with Crippen LogP contribution in [-0.2, 0) is 13.0 Å². The third-order valence-corrected chi connectivity index (χ3v) is 6.40. The van der Waals surface area contributed by atoms with Crippen LogP contribution in [0.4, 0.5) is 0 Å². The van der Waals surface area contributed by atoms with E-state index in [0.29, 0.717) is 6.61 Å². The smallest absolute Gasteiger partial charge is 0.121 e. The van der Waals surface area contributed by atoms with Gasteiger partial charge in [-0.3, -0.25) is 20.0 Å². The lowest BCUT2D eigenvalue weighted by Gasteiger charge is -2.14. The van der Waals surface area contributed by atoms with Crippen LogP contribution in [0.2, 0.25) is 0 Å². The number of nitrogens with one attached hydrogen (secondary N) is 1. The van der Waals surface area contributed by atoms with Crippen LogP contribution in [0.15, 0.2) is 54.9 Å². The molecule has 7 heteroatoms. The molecule has 2 aliphatic heterocycles. The summed E-state index contributed by atoms with van der Waals surface area (Å²) in [5.41, 5.74) is 6.27. The van der Waals surface area contributed by atoms with Crippen LogP contribution in [0.3, 0.4) is 0 Å². The highest BCUT2D eigenvalue weighted by molar-refractivity contribution is 5.99. The summed E-state index contributed by atoms with van der Waals surface area (Å²) in [7, 11) is 0. The Kier molecular flexibility index (Phi) is 4.85. The Balaban J connectivity index is 1.39. The average Bonchev–Trinajstić information content (AvgIpc) is 3.54. The summed E-state index contributed by atoms with van der Waals surface area (Å²) >= 11 is 0. The van der Waals surface area contributed by atoms with Crippen LogP contribution < -0.4 is 10.1 Å². The molecule has 0 amide bonds. The summed E-state index contributed by atoms with van der Waals surface area (Å²) in [5, 5.41) is 18.8. The third-order valence-electron chi connectivity index (χ3n) is 6.40. The number of aromatic nitrogens is 4. The van der Waals surface area contributed by atoms with E-state index in [2.05, 4.69) is 32.1 Å². The molecule has 32 heavy (non-hydrogen) atoms. The van der Waals surface area contributed by atoms with Crippen molar-refractivity contribution in [2.75, 3.05) is 6.61 Å². The Hall–Kier alpha value is -3.29. The van der Waals surface area contributed by atoms with Gasteiger partial charge >= 0.3 is 0 Å². The minimum absolute atomic E-state index is 0.177. The predicted octanol–water partition coefficient (Wildman–Crippen LogP) is 3.56. The monoisotopic (exact) mass is 427 g/mol. The van der Waals surface area contributed by atoms with E-state index in [9.17, 15) is 5.11 Å². The molecule has 3 aromatic heterocycles. The summed E-state index contributed by atoms with van der Waals surface area (Å²) in [5.74, 6) is 0.788. The first-order chi connectivity index (χ1) is 15.8. The first kappa shape index (κ1) is 19.4. The molecule has 1 unspecified atom stereocenters. The van der Waals surface area contributed by atoms with Gasteiger partial charge in [0.1, 0.15) is 24.3 Å². The number of hydrogen-bond acceptors (Lipinski definition) is 6. The number of pyridine rings is 2. The predicted molar refractivity (Wildman–Crippen MR) is 122 cm³/mol. The van der Waals surface area contributed by atoms with Gasteiger partial charge in [-0.05, 0) is 61.6 Å². The summed E-state index contributed by atoms with van der Waals surface area (Å²) in [4.78, 5) is 9.20. The second-order valence-electron chi connectivity index (χ2n) is 8.52. The molecule has 1 saturated heterocycles. The molecule has 2 N–H and O–H groups in total. The third kappa shape index (κ3) is 3.43. The van der Waals surface area contributed by atoms with Gasteiger partial charge in [0.15, 0.2) is 0 Å². The lowest BCUT2D eigenvalue weighted by molar-refractivity contribution is 0.147. The van der Waals surface area contributed by atoms with Crippen LogP contribution in [0.5, 0.6) is 5.75 Å². The lowest BCUT2D eigenvalue weighted by atomic mass is 9.96. The fourth-order valence-corrected chi connectivity index (χ4v) is 4.86. The largest absolute Gasteiger partial charge is 0.492 e. The van der Waals surface area contributed by atoms with E-state index in [1.54, 1.807) is 0 Å². The van der Waals surface area contributed by atoms with Gasteiger partial charge in [0.25, 0.3) is 0 Å². The van der Waals surface area contributed by atoms with Gasteiger partial charge < -0.3 is 9.84 Å². The van der Waals surface area contributed by atoms with E-state index >= 15 is 0 Å². The maximum absolute atomic E-state index is 9.64. The quantitative estimate of drug-likeness (QED) is 0.507. The van der Waals surface area contributed by atoms with Crippen LogP contribution in [0.25, 0.3) is 33.4 Å². The highest BCUT2D eigenvalue weighted by atomic mass is 16.5. The van der Waals surface area contributed by atoms with Crippen molar-refractivity contribution in [1.82, 2.24) is 25.1 Å². The van der Waals surface area contributed by atoms with Crippen molar-refractivity contribution in [2.24, 2.45) is 0 Å². The van der Waals surface area contributed by atoms with Gasteiger partial charge in [0.05, 0.1) is 11.2 Å². The average molecular weight is 428 g/mol. The fraction of sp³-hybridized carbons (Fsp3) is 0.320. The number of aliphatic hydroxyl groups excluding tert-OH is 1. The maximum Gasteiger partial charge on any atom is 0.121 e. The van der Waals surface area contributed by atoms with E-state index in [1.165, 1.54) is 5.69 Å². The van der Waals surface area contributed by atoms with Crippen molar-refractivity contribution in [3.8, 4) is 28.3 Å². The SMILES string of the molecule is OC1CC[C@H](COc2ccc3c(-c4c(-c5ccccn5)nn5c4CCC5)ccnc3c2)N1. The van der Waals surface area contributed by atoms with Crippen LogP contribution in [-0.4, -0.2) is 43.7 Å². The van der Waals surface area contributed by atoms with E-state index in [-0.39, 0.29) is 6.04 Å². The molecular weight excluding hydrogens is 402 g/mol. The van der Waals surface area contributed by atoms with Gasteiger partial charge in [-0.2, -0.15) is 5.10 Å². The molecule has 6 rings (SSSR count). The van der Waals surface area contributed by atoms with Crippen molar-refractivity contribution < 1.29 is 9.84 Å². The highest BCUT2D eigenvalue weighted by Crippen LogP contribution is 2.40. The molecule has 4 aromatic rings. The van der Waals surface area contributed by atoms with Crippen molar-refractivity contribution in [3.05, 3.63) is 60.6 Å². The van der Waals surface area contributed by atoms with Gasteiger partial charge in [0, 0.05) is 47.7 Å². The molecule has 0 aliphatic carbocycles. The molecule has 0 bridgehead atoms. The molecule has 1 aromatic carbocycles. The summed E-state index contributed by atoms with van der Waals surface area (Å²) in [6, 6.07) is 14.3. The zero-order chi connectivity index (χ0) is 21.5. The number of nitrogens with zero attached hydrogens (tertiary/aromatic N) is 4. The maximum atomic E-state index is 9.64. The zero-order valence-corrected chi connectivity index (χ0v) is 17.7. The van der Waals surface area contributed by atoms with E-state index in [1.807, 2.05) is 42.7 Å². The second-order valence-corrected chi connectivity index (χ2v) is 8.52. The minimum Gasteiger partial charge on any atom is -0.492 e. The first-order valence-electron chi connectivity index (χ1n) is 11.2. The normalized spacial score (nSPS) is 20.0. The second kappa shape index (κ2) is 8.00. The number of benzene rings is 1. The van der Waals surface area contributed by atoms with Crippen LogP contribution in [0, 0.1) is 0 Å². The Labute approximate surface area is 186 Å². The zero-order valence-electron chi connectivity index (χ0n) is 17.7. The summed E-state index contributed by atoms with van der Waals surface area (Å²) < 4.78 is 8.13. The highest BCUT2D eigenvalue weighted by Gasteiger charge is 2.26. The van der Waals surface area contributed by atoms with E-state index < -0.39 is 6.23 Å². The standard InChI is InChI=1S/C25H25N5O2/c31-23-9-6-16(28-23)15-32-17-7-8-18-19(10-12-27-21(18)14-17)24-22-5-3-13-30(22)29-25(24)20-4-1-2-11-26-20/h1-2,4,7-8,10-12,14,16,23,28,31H,3,5-6,9,13,15H2/t16-,23?/m1/s1. The van der Waals surface area contributed by atoms with Gasteiger partial charge in [0.2, 0.25) is 0 Å². The van der Waals surface area contributed by atoms with E-state index in [4.69, 9.17) is 9.84 Å². The molecule has 0 radical (unpaired) electrons. The lowest BCUT2D eigenvalue weighted by Crippen LogP contribution is -2.33. The number of aryl methyl sites for hydroxylation is 1. The number of rotatable bonds is 5. The minimum atomic E-state index is -0.421. The van der Waals surface area contributed by atoms with Crippen molar-refractivity contribution in [1.29, 1.82) is 0 Å². The van der Waals surface area contributed by atoms with Crippen LogP contribution in [0.1, 0.15) is 25.0 Å². The van der Waals surface area contributed by atoms with Gasteiger partial charge in [-0.1, -0.05) is 6.07 Å². The first-order valence-corrected chi connectivity index (χ1v) is 11.2. The van der Waals surface area contributed by atoms with Crippen LogP contribution >= 0.6 is 0 Å². The molecule has 5 heterocycles. The topological polar surface area (TPSA) is 85.1 Å². The Morgan fingerprint density at radius 1 is 1.09 bits per heavy atom. The summed E-state index contributed by atoms with van der Waals surface area (Å²) in [6.45, 7) is 1.48. The molecule has 162 valence electrons. The fourth-order valence-electron chi connectivity index (χ4n) is 4.86. The molecule has 0 spiro atoms. The number of ether oxygens (including phenoxy) is 1. The summed E-state index contributed by atoms with van der Waals surface area (Å²) in [6.07, 6.45) is 7.07. The van der Waals surface area contributed by atoms with Crippen molar-refractivity contribution in [3.63, 3.8) is 0 Å². The number of hydrogen-bond donors (Lipinski definition) is 2. The molecule has 1 fully saturated rings. The number of aliphatic hydroxyl groups is 1. The van der Waals surface area contributed by atoms with Gasteiger partial charge in [-0.15, -0.1) is 0 Å². The Bertz CT molecular complexity index is 1270. The molecule has 0 saturated carbocycles. The molecule has 7 nitrogen and oxygen atoms in total. The Morgan fingerprint density at radius 3 is 2.91 bits per heavy atom. The number of fused-ring (bicyclic) bond motifs is 2. The molecule has 2 atom stereocenters. The van der Waals surface area contributed by atoms with Crippen molar-refractivity contribution >= 4 is 10.9 Å². The Morgan fingerprint density at radius 2 is 2.06 bits per heavy atom. The molecular formula is C25H25N5O2. The van der Waals surface area contributed by atoms with E-state index in [0.717, 1.165) is 71.4 Å². The van der Waals surface area contributed by atoms with Crippen molar-refractivity contribution in [2.45, 2.75) is 44.5 Å². The molecule has 2 aliphatic rings.